The van der Waals surface area contributed by atoms with Gasteiger partial charge in [-0.05, 0) is 27.2 Å². The highest BCUT2D eigenvalue weighted by Crippen LogP contribution is 2.25. The molecule has 0 radical (unpaired) electrons. The lowest BCUT2D eigenvalue weighted by atomic mass is 9.89. The van der Waals surface area contributed by atoms with Gasteiger partial charge in [-0.2, -0.15) is 12.6 Å². The average molecular weight is 405 g/mol. The van der Waals surface area contributed by atoms with Crippen LogP contribution in [0.15, 0.2) is 12.2 Å². The molecule has 0 aliphatic carbocycles. The van der Waals surface area contributed by atoms with Crippen molar-refractivity contribution >= 4 is 30.5 Å². The number of hydrogen-bond acceptors (Lipinski definition) is 8. The Balaban J connectivity index is 5.14. The number of hydrogen-bond donors (Lipinski definition) is 2. The Bertz CT molecular complexity index is 528. The molecule has 0 aliphatic heterocycles. The van der Waals surface area contributed by atoms with Crippen LogP contribution in [0.25, 0.3) is 0 Å². The summed E-state index contributed by atoms with van der Waals surface area (Å²) in [4.78, 5) is 35.5. The van der Waals surface area contributed by atoms with Crippen molar-refractivity contribution in [2.24, 2.45) is 10.8 Å². The zero-order valence-electron chi connectivity index (χ0n) is 16.8. The number of rotatable bonds is 12. The number of carbonyl (C=O) groups is 3. The highest BCUT2D eigenvalue weighted by molar-refractivity contribution is 7.81. The minimum absolute atomic E-state index is 0.122. The van der Waals surface area contributed by atoms with Crippen LogP contribution in [-0.4, -0.2) is 54.7 Å². The highest BCUT2D eigenvalue weighted by atomic mass is 32.1. The predicted octanol–water partition coefficient (Wildman–Crippen LogP) is 2.32. The van der Waals surface area contributed by atoms with Gasteiger partial charge in [0.2, 0.25) is 0 Å². The molecule has 0 rings (SSSR count). The molecule has 0 fully saturated rings. The van der Waals surface area contributed by atoms with E-state index in [-0.39, 0.29) is 31.5 Å². The summed E-state index contributed by atoms with van der Waals surface area (Å²) >= 11 is 4.13. The number of esters is 3. The van der Waals surface area contributed by atoms with E-state index in [1.165, 1.54) is 6.08 Å². The van der Waals surface area contributed by atoms with Crippen LogP contribution in [-0.2, 0) is 28.6 Å². The van der Waals surface area contributed by atoms with Crippen molar-refractivity contribution in [3.05, 3.63) is 12.2 Å². The summed E-state index contributed by atoms with van der Waals surface area (Å²) in [5, 5.41) is 9.74. The standard InChI is InChI=1S/C19H32O7S/c1-6-15(21)24-11-19(10-20,12-25-16(22)9-8-14(3)27)13-26-17(23)18(4,5)7-2/h8-9,14,20,27H,6-7,10-13H2,1-5H3. The number of carbonyl (C=O) groups excluding carboxylic acids is 3. The quantitative estimate of drug-likeness (QED) is 0.223. The molecule has 2 atom stereocenters. The second-order valence-corrected chi connectivity index (χ2v) is 8.01. The molecule has 0 aromatic carbocycles. The van der Waals surface area contributed by atoms with Gasteiger partial charge in [0.25, 0.3) is 0 Å². The topological polar surface area (TPSA) is 99.1 Å². The lowest BCUT2D eigenvalue weighted by Gasteiger charge is -2.31. The van der Waals surface area contributed by atoms with Crippen molar-refractivity contribution < 1.29 is 33.7 Å². The Morgan fingerprint density at radius 2 is 1.63 bits per heavy atom. The molecular formula is C19H32O7S. The maximum absolute atomic E-state index is 12.2. The molecule has 8 heteroatoms. The zero-order chi connectivity index (χ0) is 21.1. The lowest BCUT2D eigenvalue weighted by Crippen LogP contribution is -2.43. The Kier molecular flexibility index (Phi) is 11.3. The van der Waals surface area contributed by atoms with Crippen molar-refractivity contribution in [1.29, 1.82) is 0 Å². The van der Waals surface area contributed by atoms with E-state index in [9.17, 15) is 19.5 Å². The van der Waals surface area contributed by atoms with Crippen molar-refractivity contribution in [2.75, 3.05) is 26.4 Å². The summed E-state index contributed by atoms with van der Waals surface area (Å²) in [6.45, 7) is 7.51. The predicted molar refractivity (Wildman–Crippen MR) is 104 cm³/mol. The monoisotopic (exact) mass is 404 g/mol. The van der Waals surface area contributed by atoms with Crippen LogP contribution in [0.3, 0.4) is 0 Å². The van der Waals surface area contributed by atoms with Gasteiger partial charge in [-0.3, -0.25) is 9.59 Å². The fraction of sp³-hybridized carbons (Fsp3) is 0.737. The second-order valence-electron chi connectivity index (χ2n) is 7.19. The van der Waals surface area contributed by atoms with Crippen molar-refractivity contribution in [3.63, 3.8) is 0 Å². The first-order valence-corrected chi connectivity index (χ1v) is 9.50. The number of thiol groups is 1. The molecule has 1 N–H and O–H groups in total. The third-order valence-corrected chi connectivity index (χ3v) is 4.31. The summed E-state index contributed by atoms with van der Waals surface area (Å²) in [6, 6.07) is 0. The van der Waals surface area contributed by atoms with Crippen LogP contribution in [0.2, 0.25) is 0 Å². The molecule has 0 aliphatic rings. The van der Waals surface area contributed by atoms with E-state index in [2.05, 4.69) is 12.6 Å². The van der Waals surface area contributed by atoms with Crippen LogP contribution in [0.4, 0.5) is 0 Å². The lowest BCUT2D eigenvalue weighted by molar-refractivity contribution is -0.168. The second kappa shape index (κ2) is 12.0. The first-order valence-electron chi connectivity index (χ1n) is 8.98. The molecule has 0 heterocycles. The van der Waals surface area contributed by atoms with Gasteiger partial charge in [0.05, 0.1) is 17.4 Å². The maximum Gasteiger partial charge on any atom is 0.330 e. The van der Waals surface area contributed by atoms with E-state index < -0.39 is 35.3 Å². The molecule has 0 amide bonds. The molecule has 0 spiro atoms. The molecule has 2 unspecified atom stereocenters. The molecule has 156 valence electrons. The van der Waals surface area contributed by atoms with Gasteiger partial charge in [0, 0.05) is 17.7 Å². The van der Waals surface area contributed by atoms with E-state index in [4.69, 9.17) is 14.2 Å². The summed E-state index contributed by atoms with van der Waals surface area (Å²) in [5.41, 5.74) is -1.93. The molecule has 0 aromatic rings. The van der Waals surface area contributed by atoms with Gasteiger partial charge in [-0.1, -0.05) is 19.9 Å². The maximum atomic E-state index is 12.2. The molecule has 27 heavy (non-hydrogen) atoms. The van der Waals surface area contributed by atoms with Crippen molar-refractivity contribution in [3.8, 4) is 0 Å². The Morgan fingerprint density at radius 3 is 2.11 bits per heavy atom. The van der Waals surface area contributed by atoms with Gasteiger partial charge >= 0.3 is 17.9 Å². The molecule has 7 nitrogen and oxygen atoms in total. The van der Waals surface area contributed by atoms with Crippen LogP contribution >= 0.6 is 12.6 Å². The van der Waals surface area contributed by atoms with Crippen LogP contribution in [0, 0.1) is 10.8 Å². The summed E-state index contributed by atoms with van der Waals surface area (Å²) in [5.74, 6) is -1.54. The first-order chi connectivity index (χ1) is 12.5. The molecular weight excluding hydrogens is 372 g/mol. The van der Waals surface area contributed by atoms with Gasteiger partial charge in [-0.25, -0.2) is 4.79 Å². The third-order valence-electron chi connectivity index (χ3n) is 4.14. The minimum atomic E-state index is -1.24. The Morgan fingerprint density at radius 1 is 1.07 bits per heavy atom. The van der Waals surface area contributed by atoms with Gasteiger partial charge < -0.3 is 19.3 Å². The van der Waals surface area contributed by atoms with E-state index in [1.807, 2.05) is 6.92 Å². The molecule has 0 saturated carbocycles. The number of aliphatic hydroxyl groups is 1. The zero-order valence-corrected chi connectivity index (χ0v) is 17.7. The molecule has 0 bridgehead atoms. The molecule has 0 saturated heterocycles. The SMILES string of the molecule is CCC(=O)OCC(CO)(COC(=O)C=CC(C)S)COC(=O)C(C)(C)CC. The summed E-state index contributed by atoms with van der Waals surface area (Å²) < 4.78 is 15.6. The number of aliphatic hydroxyl groups excluding tert-OH is 1. The highest BCUT2D eigenvalue weighted by Gasteiger charge is 2.37. The fourth-order valence-electron chi connectivity index (χ4n) is 1.65. The van der Waals surface area contributed by atoms with E-state index >= 15 is 0 Å². The molecule has 0 aromatic heterocycles. The fourth-order valence-corrected chi connectivity index (χ4v) is 1.73. The smallest absolute Gasteiger partial charge is 0.330 e. The van der Waals surface area contributed by atoms with E-state index in [1.54, 1.807) is 33.8 Å². The van der Waals surface area contributed by atoms with Crippen LogP contribution < -0.4 is 0 Å². The van der Waals surface area contributed by atoms with Crippen molar-refractivity contribution in [2.45, 2.75) is 52.7 Å². The van der Waals surface area contributed by atoms with Crippen LogP contribution in [0.1, 0.15) is 47.5 Å². The Hall–Kier alpha value is -1.54. The van der Waals surface area contributed by atoms with Crippen molar-refractivity contribution in [1.82, 2.24) is 0 Å². The average Bonchev–Trinajstić information content (AvgIpc) is 2.65. The van der Waals surface area contributed by atoms with Gasteiger partial charge in [0.1, 0.15) is 19.8 Å². The van der Waals surface area contributed by atoms with E-state index in [0.29, 0.717) is 6.42 Å². The third kappa shape index (κ3) is 9.81. The number of ether oxygens (including phenoxy) is 3. The van der Waals surface area contributed by atoms with Gasteiger partial charge in [0.15, 0.2) is 0 Å². The van der Waals surface area contributed by atoms with Crippen LogP contribution in [0.5, 0.6) is 0 Å². The Labute approximate surface area is 166 Å². The normalized spacial score (nSPS) is 15.1. The van der Waals surface area contributed by atoms with Gasteiger partial charge in [-0.15, -0.1) is 0 Å². The first kappa shape index (κ1) is 25.5. The summed E-state index contributed by atoms with van der Waals surface area (Å²) in [6.07, 6.45) is 3.51. The largest absolute Gasteiger partial charge is 0.465 e. The van der Waals surface area contributed by atoms with E-state index in [0.717, 1.165) is 0 Å². The minimum Gasteiger partial charge on any atom is -0.465 e. The summed E-state index contributed by atoms with van der Waals surface area (Å²) in [7, 11) is 0.